The molecule has 0 radical (unpaired) electrons. The zero-order chi connectivity index (χ0) is 23.1. The molecule has 0 amide bonds. The van der Waals surface area contributed by atoms with Crippen LogP contribution in [0, 0.1) is 6.92 Å². The first-order chi connectivity index (χ1) is 16.3. The van der Waals surface area contributed by atoms with Crippen LogP contribution in [-0.2, 0) is 5.41 Å². The van der Waals surface area contributed by atoms with E-state index in [1.807, 2.05) is 0 Å². The van der Waals surface area contributed by atoms with Crippen LogP contribution in [0.15, 0.2) is 72.8 Å². The number of fused-ring (bicyclic) bond motifs is 7. The average Bonchev–Trinajstić information content (AvgIpc) is 3.23. The summed E-state index contributed by atoms with van der Waals surface area (Å²) in [7, 11) is 0. The zero-order valence-corrected chi connectivity index (χ0v) is 20.4. The molecule has 34 heavy (non-hydrogen) atoms. The summed E-state index contributed by atoms with van der Waals surface area (Å²) in [5.74, 6) is 0. The fourth-order valence-corrected chi connectivity index (χ4v) is 7.30. The first-order valence-electron chi connectivity index (χ1n) is 12.4. The lowest BCUT2D eigenvalue weighted by Crippen LogP contribution is -2.62. The third-order valence-electron chi connectivity index (χ3n) is 9.45. The van der Waals surface area contributed by atoms with Gasteiger partial charge in [0.15, 0.2) is 0 Å². The molecule has 3 heteroatoms. The van der Waals surface area contributed by atoms with E-state index in [9.17, 15) is 0 Å². The second kappa shape index (κ2) is 5.60. The van der Waals surface area contributed by atoms with Crippen LogP contribution in [0.25, 0.3) is 27.5 Å². The molecule has 0 saturated heterocycles. The van der Waals surface area contributed by atoms with Crippen LogP contribution in [-0.4, -0.2) is 16.8 Å². The highest BCUT2D eigenvalue weighted by atomic mass is 15.3. The van der Waals surface area contributed by atoms with Gasteiger partial charge in [0.25, 0.3) is 6.71 Å². The third-order valence-corrected chi connectivity index (χ3v) is 9.45. The van der Waals surface area contributed by atoms with Gasteiger partial charge >= 0.3 is 0 Å². The van der Waals surface area contributed by atoms with E-state index in [1.54, 1.807) is 0 Å². The van der Waals surface area contributed by atoms with Crippen molar-refractivity contribution in [2.45, 2.75) is 45.6 Å². The van der Waals surface area contributed by atoms with Gasteiger partial charge < -0.3 is 9.47 Å². The number of hydrogen-bond acceptors (Lipinski definition) is 1. The number of anilines is 2. The Balaban J connectivity index is 1.62. The molecule has 1 aromatic heterocycles. The monoisotopic (exact) mass is 438 g/mol. The summed E-state index contributed by atoms with van der Waals surface area (Å²) < 4.78 is 2.53. The van der Waals surface area contributed by atoms with Gasteiger partial charge in [0, 0.05) is 44.3 Å². The Kier molecular flexibility index (Phi) is 3.12. The van der Waals surface area contributed by atoms with Crippen molar-refractivity contribution in [1.82, 2.24) is 4.57 Å². The Labute approximate surface area is 200 Å². The third kappa shape index (κ3) is 1.84. The van der Waals surface area contributed by atoms with Crippen LogP contribution in [0.5, 0.6) is 0 Å². The van der Waals surface area contributed by atoms with E-state index < -0.39 is 0 Å². The van der Waals surface area contributed by atoms with Crippen LogP contribution in [0.1, 0.15) is 38.8 Å². The fourth-order valence-electron chi connectivity index (χ4n) is 7.30. The van der Waals surface area contributed by atoms with E-state index in [0.29, 0.717) is 0 Å². The van der Waals surface area contributed by atoms with Crippen LogP contribution in [0.2, 0.25) is 0 Å². The molecule has 8 rings (SSSR count). The topological polar surface area (TPSA) is 8.17 Å². The van der Waals surface area contributed by atoms with Crippen molar-refractivity contribution in [2.75, 3.05) is 4.90 Å². The number of aromatic nitrogens is 1. The lowest BCUT2D eigenvalue weighted by Gasteiger charge is -2.46. The van der Waals surface area contributed by atoms with E-state index in [2.05, 4.69) is 117 Å². The Bertz CT molecular complexity index is 1740. The number of benzene rings is 4. The molecule has 0 atom stereocenters. The normalized spacial score (nSPS) is 17.9. The van der Waals surface area contributed by atoms with Gasteiger partial charge in [0.05, 0.1) is 5.52 Å². The number of nitrogens with zero attached hydrogens (tertiary/aromatic N) is 2. The molecule has 0 bridgehead atoms. The fraction of sp³-hybridized carbons (Fsp3) is 0.226. The van der Waals surface area contributed by atoms with Crippen molar-refractivity contribution >= 4 is 56.3 Å². The highest BCUT2D eigenvalue weighted by Crippen LogP contribution is 2.55. The van der Waals surface area contributed by atoms with Gasteiger partial charge in [-0.25, -0.2) is 0 Å². The number of rotatable bonds is 0. The summed E-state index contributed by atoms with van der Waals surface area (Å²) in [5.41, 5.74) is 14.0. The molecule has 0 unspecified atom stereocenters. The Morgan fingerprint density at radius 1 is 0.735 bits per heavy atom. The molecule has 5 aromatic rings. The van der Waals surface area contributed by atoms with Crippen molar-refractivity contribution in [3.8, 4) is 5.69 Å². The highest BCUT2D eigenvalue weighted by Gasteiger charge is 2.56. The van der Waals surface area contributed by atoms with Gasteiger partial charge in [0.1, 0.15) is 0 Å². The van der Waals surface area contributed by atoms with Crippen LogP contribution < -0.4 is 21.3 Å². The maximum Gasteiger partial charge on any atom is 0.252 e. The van der Waals surface area contributed by atoms with Gasteiger partial charge in [-0.2, -0.15) is 0 Å². The van der Waals surface area contributed by atoms with E-state index in [0.717, 1.165) is 0 Å². The standard InChI is InChI=1S/C31H27BN2/c1-18-16-21-29-23(17-18)32-22-12-8-11-20-19-10-6-7-13-24(19)33(28(20)22)25-14-9-15-26(27(25)32)34(29)31(4,5)30(21,2)3/h6-17H,1-5H3. The largest absolute Gasteiger partial charge is 0.336 e. The summed E-state index contributed by atoms with van der Waals surface area (Å²) in [6.45, 7) is 12.2. The second-order valence-corrected chi connectivity index (χ2v) is 11.5. The molecule has 3 aliphatic rings. The average molecular weight is 438 g/mol. The lowest BCUT2D eigenvalue weighted by molar-refractivity contribution is 0.330. The van der Waals surface area contributed by atoms with Gasteiger partial charge in [0.2, 0.25) is 0 Å². The smallest absolute Gasteiger partial charge is 0.252 e. The number of hydrogen-bond donors (Lipinski definition) is 0. The van der Waals surface area contributed by atoms with Gasteiger partial charge in [-0.15, -0.1) is 0 Å². The van der Waals surface area contributed by atoms with Gasteiger partial charge in [-0.1, -0.05) is 74.0 Å². The van der Waals surface area contributed by atoms with Crippen molar-refractivity contribution < 1.29 is 0 Å². The molecule has 0 spiro atoms. The van der Waals surface area contributed by atoms with E-state index in [1.165, 1.54) is 66.4 Å². The molecule has 164 valence electrons. The molecule has 0 saturated carbocycles. The summed E-state index contributed by atoms with van der Waals surface area (Å²) >= 11 is 0. The van der Waals surface area contributed by atoms with Crippen molar-refractivity contribution in [2.24, 2.45) is 0 Å². The maximum atomic E-state index is 2.67. The van der Waals surface area contributed by atoms with Crippen LogP contribution in [0.4, 0.5) is 11.4 Å². The van der Waals surface area contributed by atoms with Gasteiger partial charge in [-0.05, 0) is 60.9 Å². The molecule has 2 nitrogen and oxygen atoms in total. The van der Waals surface area contributed by atoms with Crippen molar-refractivity contribution in [1.29, 1.82) is 0 Å². The molecule has 4 heterocycles. The second-order valence-electron chi connectivity index (χ2n) is 11.5. The van der Waals surface area contributed by atoms with Crippen molar-refractivity contribution in [3.05, 3.63) is 83.9 Å². The summed E-state index contributed by atoms with van der Waals surface area (Å²) in [5, 5.41) is 2.70. The Morgan fingerprint density at radius 3 is 2.32 bits per heavy atom. The SMILES string of the molecule is Cc1cc2c3c(c1)C(C)(C)C(C)(C)N3c1cccc3c1B2c1cccc2c4ccccc4n-3c12. The molecular formula is C31H27BN2. The van der Waals surface area contributed by atoms with E-state index in [-0.39, 0.29) is 17.7 Å². The van der Waals surface area contributed by atoms with E-state index in [4.69, 9.17) is 0 Å². The van der Waals surface area contributed by atoms with Crippen LogP contribution in [0.3, 0.4) is 0 Å². The molecule has 0 fully saturated rings. The molecular weight excluding hydrogens is 411 g/mol. The first kappa shape index (κ1) is 18.9. The highest BCUT2D eigenvalue weighted by molar-refractivity contribution is 7.00. The van der Waals surface area contributed by atoms with E-state index >= 15 is 0 Å². The summed E-state index contributed by atoms with van der Waals surface area (Å²) in [6.07, 6.45) is 0. The van der Waals surface area contributed by atoms with Crippen LogP contribution >= 0.6 is 0 Å². The molecule has 4 aromatic carbocycles. The minimum atomic E-state index is -0.0387. The minimum Gasteiger partial charge on any atom is -0.336 e. The summed E-state index contributed by atoms with van der Waals surface area (Å²) in [6, 6.07) is 27.7. The Hall–Kier alpha value is -3.46. The van der Waals surface area contributed by atoms with Gasteiger partial charge in [-0.3, -0.25) is 0 Å². The Morgan fingerprint density at radius 2 is 1.47 bits per heavy atom. The predicted molar refractivity (Wildman–Crippen MR) is 146 cm³/mol. The van der Waals surface area contributed by atoms with Crippen molar-refractivity contribution in [3.63, 3.8) is 0 Å². The predicted octanol–water partition coefficient (Wildman–Crippen LogP) is 5.44. The molecule has 3 aliphatic heterocycles. The lowest BCUT2D eigenvalue weighted by atomic mass is 9.33. The quantitative estimate of drug-likeness (QED) is 0.287. The molecule has 0 N–H and O–H groups in total. The first-order valence-corrected chi connectivity index (χ1v) is 12.4. The minimum absolute atomic E-state index is 0.0351. The maximum absolute atomic E-state index is 2.67. The number of aryl methyl sites for hydroxylation is 1. The summed E-state index contributed by atoms with van der Waals surface area (Å²) in [4.78, 5) is 2.67. The molecule has 0 aliphatic carbocycles. The number of para-hydroxylation sites is 2. The zero-order valence-electron chi connectivity index (χ0n) is 20.4.